The fraction of sp³-hybridized carbons (Fsp3) is 0.0769. The molecule has 0 amide bonds. The predicted octanol–water partition coefficient (Wildman–Crippen LogP) is 5.93. The van der Waals surface area contributed by atoms with Crippen LogP contribution < -0.4 is 0 Å². The Morgan fingerprint density at radius 2 is 1.44 bits per heavy atom. The number of hydrogen-bond acceptors (Lipinski definition) is 3. The zero-order valence-electron chi connectivity index (χ0n) is 17.6. The number of nitrogens with one attached hydrogen (secondary N) is 1. The van der Waals surface area contributed by atoms with Crippen LogP contribution >= 0.6 is 0 Å². The van der Waals surface area contributed by atoms with Crippen molar-refractivity contribution in [1.82, 2.24) is 4.98 Å². The van der Waals surface area contributed by atoms with Gasteiger partial charge in [-0.1, -0.05) is 60.7 Å². The minimum absolute atomic E-state index is 0.0421. The van der Waals surface area contributed by atoms with Crippen LogP contribution in [0.5, 0.6) is 5.75 Å². The summed E-state index contributed by atoms with van der Waals surface area (Å²) in [6.45, 7) is 0. The van der Waals surface area contributed by atoms with Crippen molar-refractivity contribution in [3.63, 3.8) is 0 Å². The van der Waals surface area contributed by atoms with Gasteiger partial charge in [0.25, 0.3) is 0 Å². The lowest BCUT2D eigenvalue weighted by molar-refractivity contribution is -0.138. The molecular formula is C26H18F3NO4. The van der Waals surface area contributed by atoms with E-state index in [1.54, 1.807) is 42.5 Å². The second-order valence-corrected chi connectivity index (χ2v) is 7.60. The topological polar surface area (TPSA) is 90.4 Å². The van der Waals surface area contributed by atoms with Gasteiger partial charge < -0.3 is 15.2 Å². The van der Waals surface area contributed by atoms with Gasteiger partial charge in [-0.2, -0.15) is 13.2 Å². The van der Waals surface area contributed by atoms with E-state index < -0.39 is 23.5 Å². The van der Waals surface area contributed by atoms with Gasteiger partial charge in [-0.15, -0.1) is 0 Å². The summed E-state index contributed by atoms with van der Waals surface area (Å²) in [5.74, 6) is -1.92. The van der Waals surface area contributed by atoms with Gasteiger partial charge in [-0.05, 0) is 28.8 Å². The second kappa shape index (κ2) is 8.90. The Morgan fingerprint density at radius 3 is 2.09 bits per heavy atom. The number of carbonyl (C=O) groups is 2. The molecule has 1 heterocycles. The number of halogens is 3. The summed E-state index contributed by atoms with van der Waals surface area (Å²) in [6, 6.07) is 17.5. The highest BCUT2D eigenvalue weighted by Gasteiger charge is 2.30. The van der Waals surface area contributed by atoms with Gasteiger partial charge in [0.15, 0.2) is 11.5 Å². The zero-order valence-corrected chi connectivity index (χ0v) is 17.6. The van der Waals surface area contributed by atoms with Gasteiger partial charge in [0.05, 0.1) is 23.2 Å². The number of aromatic amines is 1. The number of aromatic nitrogens is 1. The maximum absolute atomic E-state index is 13.3. The second-order valence-electron chi connectivity index (χ2n) is 7.60. The van der Waals surface area contributed by atoms with Crippen LogP contribution in [0.3, 0.4) is 0 Å². The van der Waals surface area contributed by atoms with Crippen molar-refractivity contribution in [2.45, 2.75) is 12.6 Å². The Labute approximate surface area is 192 Å². The van der Waals surface area contributed by atoms with Crippen molar-refractivity contribution >= 4 is 11.8 Å². The van der Waals surface area contributed by atoms with E-state index in [9.17, 15) is 27.9 Å². The van der Waals surface area contributed by atoms with Crippen molar-refractivity contribution < 1.29 is 33.0 Å². The van der Waals surface area contributed by atoms with Gasteiger partial charge in [0.1, 0.15) is 0 Å². The molecule has 3 aromatic carbocycles. The van der Waals surface area contributed by atoms with E-state index in [-0.39, 0.29) is 29.0 Å². The lowest BCUT2D eigenvalue weighted by Gasteiger charge is -2.11. The molecule has 0 fully saturated rings. The van der Waals surface area contributed by atoms with Gasteiger partial charge in [0, 0.05) is 17.3 Å². The maximum Gasteiger partial charge on any atom is 0.416 e. The maximum atomic E-state index is 13.3. The lowest BCUT2D eigenvalue weighted by Crippen LogP contribution is -2.05. The molecular weight excluding hydrogens is 447 g/mol. The van der Waals surface area contributed by atoms with Crippen molar-refractivity contribution in [2.24, 2.45) is 0 Å². The number of aromatic hydroxyl groups is 1. The highest BCUT2D eigenvalue weighted by Crippen LogP contribution is 2.37. The monoisotopic (exact) mass is 465 g/mol. The standard InChI is InChI=1S/C26H18F3NO4/c27-26(28,29)17-11-9-15(10-12-17)18-6-3-4-8-20(18)24(33)21-14-30-23(25(21)34)19-7-2-1-5-16(19)13-22(31)32/h1-12,14,30,34H,13H2,(H,31,32). The molecule has 0 radical (unpaired) electrons. The van der Waals surface area contributed by atoms with Crippen molar-refractivity contribution in [3.05, 3.63) is 101 Å². The van der Waals surface area contributed by atoms with Crippen LogP contribution in [0, 0.1) is 0 Å². The van der Waals surface area contributed by atoms with Crippen LogP contribution in [0.4, 0.5) is 13.2 Å². The molecule has 3 N–H and O–H groups in total. The molecule has 0 bridgehead atoms. The number of hydrogen-bond donors (Lipinski definition) is 3. The minimum Gasteiger partial charge on any atom is -0.505 e. The molecule has 0 atom stereocenters. The first-order valence-corrected chi connectivity index (χ1v) is 10.2. The molecule has 0 aliphatic carbocycles. The zero-order chi connectivity index (χ0) is 24.5. The number of aliphatic carboxylic acids is 1. The minimum atomic E-state index is -4.47. The van der Waals surface area contributed by atoms with Crippen molar-refractivity contribution in [1.29, 1.82) is 0 Å². The third-order valence-corrected chi connectivity index (χ3v) is 5.42. The van der Waals surface area contributed by atoms with E-state index in [1.807, 2.05) is 0 Å². The predicted molar refractivity (Wildman–Crippen MR) is 120 cm³/mol. The Kier molecular flexibility index (Phi) is 5.98. The third-order valence-electron chi connectivity index (χ3n) is 5.42. The smallest absolute Gasteiger partial charge is 0.416 e. The molecule has 0 unspecified atom stereocenters. The van der Waals surface area contributed by atoms with Gasteiger partial charge in [-0.25, -0.2) is 0 Å². The van der Waals surface area contributed by atoms with Gasteiger partial charge in [0.2, 0.25) is 0 Å². The first-order valence-electron chi connectivity index (χ1n) is 10.2. The third kappa shape index (κ3) is 4.43. The highest BCUT2D eigenvalue weighted by atomic mass is 19.4. The fourth-order valence-corrected chi connectivity index (χ4v) is 3.79. The van der Waals surface area contributed by atoms with Gasteiger partial charge in [-0.3, -0.25) is 9.59 Å². The number of ketones is 1. The van der Waals surface area contributed by atoms with E-state index in [0.29, 0.717) is 22.3 Å². The molecule has 4 rings (SSSR count). The lowest BCUT2D eigenvalue weighted by atomic mass is 9.93. The molecule has 34 heavy (non-hydrogen) atoms. The average molecular weight is 465 g/mol. The van der Waals surface area contributed by atoms with Crippen molar-refractivity contribution in [3.8, 4) is 28.1 Å². The molecule has 0 aliphatic heterocycles. The van der Waals surface area contributed by atoms with E-state index in [4.69, 9.17) is 5.11 Å². The normalized spacial score (nSPS) is 11.4. The molecule has 0 aliphatic rings. The number of benzene rings is 3. The van der Waals surface area contributed by atoms with E-state index in [0.717, 1.165) is 12.1 Å². The first kappa shape index (κ1) is 22.8. The van der Waals surface area contributed by atoms with E-state index >= 15 is 0 Å². The summed E-state index contributed by atoms with van der Waals surface area (Å²) < 4.78 is 38.8. The van der Waals surface area contributed by atoms with E-state index in [2.05, 4.69) is 4.98 Å². The molecule has 4 aromatic rings. The number of carboxylic acid groups (broad SMARTS) is 1. The first-order chi connectivity index (χ1) is 16.2. The number of carbonyl (C=O) groups excluding carboxylic acids is 1. The summed E-state index contributed by atoms with van der Waals surface area (Å²) in [7, 11) is 0. The molecule has 1 aromatic heterocycles. The molecule has 0 spiro atoms. The highest BCUT2D eigenvalue weighted by molar-refractivity contribution is 6.15. The summed E-state index contributed by atoms with van der Waals surface area (Å²) in [5, 5.41) is 20.0. The summed E-state index contributed by atoms with van der Waals surface area (Å²) in [4.78, 5) is 27.4. The van der Waals surface area contributed by atoms with Crippen LogP contribution in [0.15, 0.2) is 79.0 Å². The van der Waals surface area contributed by atoms with E-state index in [1.165, 1.54) is 24.4 Å². The number of carboxylic acids is 1. The molecule has 0 saturated carbocycles. The van der Waals surface area contributed by atoms with Crippen LogP contribution in [-0.2, 0) is 17.4 Å². The summed E-state index contributed by atoms with van der Waals surface area (Å²) in [5.41, 5.74) is 1.28. The Bertz CT molecular complexity index is 1370. The average Bonchev–Trinajstić information content (AvgIpc) is 3.19. The van der Waals surface area contributed by atoms with Crippen LogP contribution in [-0.4, -0.2) is 26.9 Å². The van der Waals surface area contributed by atoms with Crippen molar-refractivity contribution in [2.75, 3.05) is 0 Å². The molecule has 0 saturated heterocycles. The van der Waals surface area contributed by atoms with Crippen LogP contribution in [0.1, 0.15) is 27.0 Å². The Balaban J connectivity index is 1.73. The van der Waals surface area contributed by atoms with Crippen LogP contribution in [0.2, 0.25) is 0 Å². The Hall–Kier alpha value is -4.33. The van der Waals surface area contributed by atoms with Crippen LogP contribution in [0.25, 0.3) is 22.4 Å². The molecule has 8 heteroatoms. The molecule has 5 nitrogen and oxygen atoms in total. The largest absolute Gasteiger partial charge is 0.505 e. The summed E-state index contributed by atoms with van der Waals surface area (Å²) >= 11 is 0. The SMILES string of the molecule is O=C(O)Cc1ccccc1-c1[nH]cc(C(=O)c2ccccc2-c2ccc(C(F)(F)F)cc2)c1O. The summed E-state index contributed by atoms with van der Waals surface area (Å²) in [6.07, 6.45) is -3.42. The number of H-pyrrole nitrogens is 1. The molecule has 172 valence electrons. The number of alkyl halides is 3. The Morgan fingerprint density at radius 1 is 0.824 bits per heavy atom. The quantitative estimate of drug-likeness (QED) is 0.308. The number of rotatable bonds is 6. The van der Waals surface area contributed by atoms with Gasteiger partial charge >= 0.3 is 12.1 Å². The fourth-order valence-electron chi connectivity index (χ4n) is 3.79.